The summed E-state index contributed by atoms with van der Waals surface area (Å²) < 4.78 is 0. The van der Waals surface area contributed by atoms with Gasteiger partial charge in [0.1, 0.15) is 0 Å². The van der Waals surface area contributed by atoms with Crippen molar-refractivity contribution in [3.63, 3.8) is 0 Å². The molecule has 2 heterocycles. The fourth-order valence-corrected chi connectivity index (χ4v) is 3.39. The number of aromatic nitrogens is 1. The van der Waals surface area contributed by atoms with E-state index in [2.05, 4.69) is 10.3 Å². The topological polar surface area (TPSA) is 65.8 Å². The molecule has 0 saturated heterocycles. The number of thiazole rings is 1. The maximum Gasteiger partial charge on any atom is 0.223 e. The Morgan fingerprint density at radius 2 is 2.24 bits per heavy atom. The molecule has 17 heavy (non-hydrogen) atoms. The van der Waals surface area contributed by atoms with Crippen LogP contribution in [0.25, 0.3) is 9.75 Å². The summed E-state index contributed by atoms with van der Waals surface area (Å²) >= 11 is 3.00. The summed E-state index contributed by atoms with van der Waals surface area (Å²) in [7, 11) is 0. The molecular formula is C11H11N3OS2. The van der Waals surface area contributed by atoms with Gasteiger partial charge in [-0.1, -0.05) is 11.3 Å². The van der Waals surface area contributed by atoms with E-state index in [4.69, 9.17) is 5.41 Å². The molecule has 0 atom stereocenters. The van der Waals surface area contributed by atoms with Crippen molar-refractivity contribution in [3.05, 3.63) is 22.7 Å². The van der Waals surface area contributed by atoms with Crippen LogP contribution in [-0.4, -0.2) is 17.1 Å². The molecule has 0 radical (unpaired) electrons. The first-order valence-electron chi connectivity index (χ1n) is 4.96. The minimum absolute atomic E-state index is 0.114. The molecule has 0 aliphatic rings. The summed E-state index contributed by atoms with van der Waals surface area (Å²) in [4.78, 5) is 18.3. The normalized spacial score (nSPS) is 10.2. The van der Waals surface area contributed by atoms with Gasteiger partial charge < -0.3 is 10.7 Å². The lowest BCUT2D eigenvalue weighted by molar-refractivity contribution is -0.114. The molecule has 0 aliphatic heterocycles. The zero-order valence-electron chi connectivity index (χ0n) is 9.40. The van der Waals surface area contributed by atoms with E-state index in [-0.39, 0.29) is 5.91 Å². The van der Waals surface area contributed by atoms with Crippen molar-refractivity contribution in [2.45, 2.75) is 13.8 Å². The zero-order valence-corrected chi connectivity index (χ0v) is 11.0. The van der Waals surface area contributed by atoms with E-state index in [0.29, 0.717) is 5.13 Å². The van der Waals surface area contributed by atoms with Gasteiger partial charge in [0, 0.05) is 22.9 Å². The maximum atomic E-state index is 10.9. The number of anilines is 1. The first kappa shape index (κ1) is 11.9. The molecule has 0 aliphatic carbocycles. The van der Waals surface area contributed by atoms with Crippen molar-refractivity contribution < 1.29 is 4.79 Å². The van der Waals surface area contributed by atoms with Gasteiger partial charge in [0.15, 0.2) is 5.13 Å². The molecule has 0 bridgehead atoms. The lowest BCUT2D eigenvalue weighted by Gasteiger charge is -1.92. The standard InChI is InChI=1S/C11H11N3OS2/c1-6-10(9-4-3-8(5-12)16-9)17-11(13-6)14-7(2)15/h3-5,12H,1-2H3,(H,13,14,15). The fraction of sp³-hybridized carbons (Fsp3) is 0.182. The largest absolute Gasteiger partial charge is 0.307 e. The van der Waals surface area contributed by atoms with Gasteiger partial charge >= 0.3 is 0 Å². The van der Waals surface area contributed by atoms with E-state index >= 15 is 0 Å². The van der Waals surface area contributed by atoms with E-state index in [0.717, 1.165) is 20.3 Å². The van der Waals surface area contributed by atoms with Gasteiger partial charge in [-0.05, 0) is 19.1 Å². The van der Waals surface area contributed by atoms with Crippen LogP contribution in [0.4, 0.5) is 5.13 Å². The SMILES string of the molecule is CC(=O)Nc1nc(C)c(-c2ccc(C=N)s2)s1. The van der Waals surface area contributed by atoms with Crippen molar-refractivity contribution in [2.75, 3.05) is 5.32 Å². The highest BCUT2D eigenvalue weighted by molar-refractivity contribution is 7.24. The third kappa shape index (κ3) is 2.59. The molecule has 2 N–H and O–H groups in total. The van der Waals surface area contributed by atoms with Crippen LogP contribution in [-0.2, 0) is 4.79 Å². The first-order chi connectivity index (χ1) is 8.10. The van der Waals surface area contributed by atoms with Crippen molar-refractivity contribution in [3.8, 4) is 9.75 Å². The van der Waals surface area contributed by atoms with Crippen LogP contribution in [0, 0.1) is 12.3 Å². The van der Waals surface area contributed by atoms with Crippen LogP contribution < -0.4 is 5.32 Å². The molecule has 0 saturated carbocycles. The van der Waals surface area contributed by atoms with Crippen molar-refractivity contribution >= 4 is 39.9 Å². The molecule has 88 valence electrons. The monoisotopic (exact) mass is 265 g/mol. The Hall–Kier alpha value is -1.53. The van der Waals surface area contributed by atoms with Crippen LogP contribution in [0.5, 0.6) is 0 Å². The second-order valence-electron chi connectivity index (χ2n) is 3.46. The van der Waals surface area contributed by atoms with E-state index in [9.17, 15) is 4.79 Å². The molecule has 0 spiro atoms. The molecule has 1 amide bonds. The molecule has 0 fully saturated rings. The van der Waals surface area contributed by atoms with Crippen LogP contribution in [0.2, 0.25) is 0 Å². The average molecular weight is 265 g/mol. The number of carbonyl (C=O) groups is 1. The molecule has 2 aromatic rings. The van der Waals surface area contributed by atoms with Crippen molar-refractivity contribution in [2.24, 2.45) is 0 Å². The molecule has 0 unspecified atom stereocenters. The summed E-state index contributed by atoms with van der Waals surface area (Å²) in [5, 5.41) is 10.5. The minimum atomic E-state index is -0.114. The summed E-state index contributed by atoms with van der Waals surface area (Å²) in [6.45, 7) is 3.38. The van der Waals surface area contributed by atoms with E-state index in [1.165, 1.54) is 24.5 Å². The Labute approximate surface area is 107 Å². The minimum Gasteiger partial charge on any atom is -0.307 e. The van der Waals surface area contributed by atoms with E-state index in [1.54, 1.807) is 11.3 Å². The number of nitrogens with zero attached hydrogens (tertiary/aromatic N) is 1. The smallest absolute Gasteiger partial charge is 0.223 e. The predicted molar refractivity (Wildman–Crippen MR) is 72.4 cm³/mol. The lowest BCUT2D eigenvalue weighted by Crippen LogP contribution is -2.04. The molecule has 2 aromatic heterocycles. The Morgan fingerprint density at radius 3 is 2.82 bits per heavy atom. The van der Waals surface area contributed by atoms with Crippen LogP contribution in [0.15, 0.2) is 12.1 Å². The maximum absolute atomic E-state index is 10.9. The molecule has 2 rings (SSSR count). The second kappa shape index (κ2) is 4.77. The average Bonchev–Trinajstić information content (AvgIpc) is 2.83. The first-order valence-corrected chi connectivity index (χ1v) is 6.59. The van der Waals surface area contributed by atoms with Crippen LogP contribution >= 0.6 is 22.7 Å². The highest BCUT2D eigenvalue weighted by Gasteiger charge is 2.12. The summed E-state index contributed by atoms with van der Waals surface area (Å²) in [5.74, 6) is -0.114. The number of hydrogen-bond acceptors (Lipinski definition) is 5. The molecule has 6 heteroatoms. The third-order valence-corrected chi connectivity index (χ3v) is 4.36. The Bertz CT molecular complexity index is 571. The van der Waals surface area contributed by atoms with Gasteiger partial charge in [0.2, 0.25) is 5.91 Å². The highest BCUT2D eigenvalue weighted by Crippen LogP contribution is 2.36. The van der Waals surface area contributed by atoms with E-state index < -0.39 is 0 Å². The van der Waals surface area contributed by atoms with Gasteiger partial charge in [-0.3, -0.25) is 4.79 Å². The third-order valence-electron chi connectivity index (χ3n) is 2.07. The number of carbonyl (C=O) groups excluding carboxylic acids is 1. The summed E-state index contributed by atoms with van der Waals surface area (Å²) in [6, 6.07) is 3.88. The van der Waals surface area contributed by atoms with E-state index in [1.807, 2.05) is 19.1 Å². The van der Waals surface area contributed by atoms with Gasteiger partial charge in [-0.15, -0.1) is 11.3 Å². The van der Waals surface area contributed by atoms with Crippen LogP contribution in [0.1, 0.15) is 17.5 Å². The Morgan fingerprint density at radius 1 is 1.47 bits per heavy atom. The lowest BCUT2D eigenvalue weighted by atomic mass is 10.3. The van der Waals surface area contributed by atoms with Gasteiger partial charge in [0.25, 0.3) is 0 Å². The van der Waals surface area contributed by atoms with Crippen LogP contribution in [0.3, 0.4) is 0 Å². The Balaban J connectivity index is 2.35. The number of nitrogens with one attached hydrogen (secondary N) is 2. The van der Waals surface area contributed by atoms with Crippen molar-refractivity contribution in [1.82, 2.24) is 4.98 Å². The second-order valence-corrected chi connectivity index (χ2v) is 5.58. The predicted octanol–water partition coefficient (Wildman–Crippen LogP) is 3.14. The zero-order chi connectivity index (χ0) is 12.4. The number of aryl methyl sites for hydroxylation is 1. The Kier molecular flexibility index (Phi) is 3.35. The number of rotatable bonds is 3. The van der Waals surface area contributed by atoms with Gasteiger partial charge in [0.05, 0.1) is 10.6 Å². The fourth-order valence-electron chi connectivity index (χ4n) is 1.38. The molecule has 0 aromatic carbocycles. The molecule has 4 nitrogen and oxygen atoms in total. The summed E-state index contributed by atoms with van der Waals surface area (Å²) in [6.07, 6.45) is 1.33. The quantitative estimate of drug-likeness (QED) is 0.837. The number of hydrogen-bond donors (Lipinski definition) is 2. The molecular weight excluding hydrogens is 254 g/mol. The van der Waals surface area contributed by atoms with Gasteiger partial charge in [-0.25, -0.2) is 4.98 Å². The summed E-state index contributed by atoms with van der Waals surface area (Å²) in [5.41, 5.74) is 0.900. The highest BCUT2D eigenvalue weighted by atomic mass is 32.1. The number of amides is 1. The number of thiophene rings is 1. The van der Waals surface area contributed by atoms with Gasteiger partial charge in [-0.2, -0.15) is 0 Å². The van der Waals surface area contributed by atoms with Crippen molar-refractivity contribution in [1.29, 1.82) is 5.41 Å².